The largest absolute Gasteiger partial charge is 0.361 e. The van der Waals surface area contributed by atoms with E-state index in [-0.39, 0.29) is 0 Å². The molecule has 0 atom stereocenters. The van der Waals surface area contributed by atoms with Crippen LogP contribution in [0.15, 0.2) is 72.3 Å². The molecule has 0 saturated heterocycles. The van der Waals surface area contributed by atoms with E-state index in [2.05, 4.69) is 50.3 Å². The Hall–Kier alpha value is -2.54. The van der Waals surface area contributed by atoms with Crippen LogP contribution in [-0.2, 0) is 6.54 Å². The van der Waals surface area contributed by atoms with Crippen LogP contribution in [0.4, 0.5) is 11.4 Å². The number of benzene rings is 1. The number of anilines is 2. The predicted octanol–water partition coefficient (Wildman–Crippen LogP) is 5.05. The van der Waals surface area contributed by atoms with Gasteiger partial charge in [0.25, 0.3) is 0 Å². The van der Waals surface area contributed by atoms with E-state index in [1.165, 1.54) is 10.9 Å². The van der Waals surface area contributed by atoms with Crippen molar-refractivity contribution in [3.63, 3.8) is 0 Å². The van der Waals surface area contributed by atoms with Crippen molar-refractivity contribution < 1.29 is 0 Å². The second-order valence-corrected chi connectivity index (χ2v) is 6.72. The molecule has 0 unspecified atom stereocenters. The first kappa shape index (κ1) is 19.2. The van der Waals surface area contributed by atoms with Gasteiger partial charge >= 0.3 is 0 Å². The number of hydrogen-bond acceptors (Lipinski definition) is 5. The van der Waals surface area contributed by atoms with Gasteiger partial charge in [0.15, 0.2) is 0 Å². The number of H-pyrrole nitrogens is 1. The van der Waals surface area contributed by atoms with Gasteiger partial charge in [0.1, 0.15) is 0 Å². The number of hydrogen-bond donors (Lipinski definition) is 4. The highest BCUT2D eigenvalue weighted by Crippen LogP contribution is 2.27. The first-order chi connectivity index (χ1) is 13.2. The van der Waals surface area contributed by atoms with E-state index >= 15 is 0 Å². The van der Waals surface area contributed by atoms with Crippen molar-refractivity contribution in [3.8, 4) is 0 Å². The Bertz CT molecular complexity index is 1000. The van der Waals surface area contributed by atoms with Crippen molar-refractivity contribution in [2.75, 3.05) is 12.4 Å². The molecule has 138 valence electrons. The summed E-state index contributed by atoms with van der Waals surface area (Å²) in [5, 5.41) is 8.30. The Morgan fingerprint density at radius 3 is 2.63 bits per heavy atom. The van der Waals surface area contributed by atoms with Crippen LogP contribution >= 0.6 is 24.2 Å². The average Bonchev–Trinajstić information content (AvgIpc) is 3.07. The van der Waals surface area contributed by atoms with Gasteiger partial charge in [-0.25, -0.2) is 0 Å². The smallest absolute Gasteiger partial charge is 0.0824 e. The highest BCUT2D eigenvalue weighted by Gasteiger charge is 2.05. The lowest BCUT2D eigenvalue weighted by molar-refractivity contribution is 0.823. The van der Waals surface area contributed by atoms with E-state index < -0.39 is 0 Å². The lowest BCUT2D eigenvalue weighted by Crippen LogP contribution is -2.03. The van der Waals surface area contributed by atoms with E-state index in [1.54, 1.807) is 24.8 Å². The zero-order valence-electron chi connectivity index (χ0n) is 14.8. The second kappa shape index (κ2) is 9.41. The minimum absolute atomic E-state index is 0.606. The SMILES string of the molecule is CNCc1c[nH]c2cc(Nc3ccncc3Cl)ccc12.Sc1cccnc1. The molecule has 5 nitrogen and oxygen atoms in total. The highest BCUT2D eigenvalue weighted by molar-refractivity contribution is 7.80. The zero-order chi connectivity index (χ0) is 19.1. The second-order valence-electron chi connectivity index (χ2n) is 5.80. The van der Waals surface area contributed by atoms with Gasteiger partial charge in [-0.1, -0.05) is 17.7 Å². The summed E-state index contributed by atoms with van der Waals surface area (Å²) in [7, 11) is 1.94. The van der Waals surface area contributed by atoms with Crippen LogP contribution in [0.2, 0.25) is 5.02 Å². The van der Waals surface area contributed by atoms with Crippen LogP contribution < -0.4 is 10.6 Å². The molecule has 0 radical (unpaired) electrons. The Kier molecular flexibility index (Phi) is 6.70. The minimum Gasteiger partial charge on any atom is -0.361 e. The number of aromatic nitrogens is 3. The maximum atomic E-state index is 6.10. The first-order valence-corrected chi connectivity index (χ1v) is 9.20. The zero-order valence-corrected chi connectivity index (χ0v) is 16.4. The number of rotatable bonds is 4. The lowest BCUT2D eigenvalue weighted by Gasteiger charge is -2.08. The van der Waals surface area contributed by atoms with Crippen LogP contribution in [0.1, 0.15) is 5.56 Å². The van der Waals surface area contributed by atoms with Crippen molar-refractivity contribution in [2.24, 2.45) is 0 Å². The van der Waals surface area contributed by atoms with Gasteiger partial charge in [-0.3, -0.25) is 9.97 Å². The molecule has 4 aromatic rings. The van der Waals surface area contributed by atoms with Gasteiger partial charge in [0.2, 0.25) is 0 Å². The molecular formula is C20H20ClN5S. The first-order valence-electron chi connectivity index (χ1n) is 8.37. The maximum absolute atomic E-state index is 6.10. The third-order valence-corrected chi connectivity index (χ3v) is 4.40. The topological polar surface area (TPSA) is 65.6 Å². The molecular weight excluding hydrogens is 378 g/mol. The number of aromatic amines is 1. The Morgan fingerprint density at radius 2 is 1.96 bits per heavy atom. The number of nitrogens with one attached hydrogen (secondary N) is 3. The van der Waals surface area contributed by atoms with Crippen LogP contribution in [0.5, 0.6) is 0 Å². The standard InChI is InChI=1S/C15H15ClN4.C5H5NS/c1-17-7-10-8-19-15-6-11(2-3-12(10)15)20-14-4-5-18-9-13(14)16;7-5-2-1-3-6-4-5/h2-6,8-9,17,19H,7H2,1H3,(H,18,20);1-4,7H. The summed E-state index contributed by atoms with van der Waals surface area (Å²) in [6.07, 6.45) is 8.79. The van der Waals surface area contributed by atoms with Crippen molar-refractivity contribution in [1.29, 1.82) is 0 Å². The van der Waals surface area contributed by atoms with E-state index in [0.29, 0.717) is 5.02 Å². The number of halogens is 1. The predicted molar refractivity (Wildman–Crippen MR) is 115 cm³/mol. The van der Waals surface area contributed by atoms with E-state index in [0.717, 1.165) is 28.3 Å². The number of fused-ring (bicyclic) bond motifs is 1. The fourth-order valence-electron chi connectivity index (χ4n) is 2.59. The van der Waals surface area contributed by atoms with Gasteiger partial charge in [-0.15, -0.1) is 12.6 Å². The van der Waals surface area contributed by atoms with Crippen molar-refractivity contribution in [2.45, 2.75) is 11.4 Å². The van der Waals surface area contributed by atoms with E-state index in [4.69, 9.17) is 11.6 Å². The molecule has 0 spiro atoms. The molecule has 3 N–H and O–H groups in total. The Balaban J connectivity index is 0.000000253. The van der Waals surface area contributed by atoms with Gasteiger partial charge < -0.3 is 15.6 Å². The number of nitrogens with zero attached hydrogens (tertiary/aromatic N) is 2. The lowest BCUT2D eigenvalue weighted by atomic mass is 10.1. The Labute approximate surface area is 168 Å². The molecule has 7 heteroatoms. The summed E-state index contributed by atoms with van der Waals surface area (Å²) < 4.78 is 0. The molecule has 3 aromatic heterocycles. The molecule has 0 fully saturated rings. The molecule has 0 aliphatic carbocycles. The summed E-state index contributed by atoms with van der Waals surface area (Å²) >= 11 is 10.1. The minimum atomic E-state index is 0.606. The summed E-state index contributed by atoms with van der Waals surface area (Å²) in [5.41, 5.74) is 4.20. The van der Waals surface area contributed by atoms with Crippen LogP contribution in [0.25, 0.3) is 10.9 Å². The van der Waals surface area contributed by atoms with Crippen molar-refractivity contribution in [3.05, 3.63) is 78.0 Å². The summed E-state index contributed by atoms with van der Waals surface area (Å²) in [4.78, 5) is 12.0. The normalized spacial score (nSPS) is 10.3. The fraction of sp³-hybridized carbons (Fsp3) is 0.100. The molecule has 0 amide bonds. The quantitative estimate of drug-likeness (QED) is 0.364. The molecule has 0 aliphatic rings. The highest BCUT2D eigenvalue weighted by atomic mass is 35.5. The van der Waals surface area contributed by atoms with Crippen LogP contribution in [0, 0.1) is 0 Å². The monoisotopic (exact) mass is 397 g/mol. The van der Waals surface area contributed by atoms with Crippen molar-refractivity contribution in [1.82, 2.24) is 20.3 Å². The van der Waals surface area contributed by atoms with E-state index in [1.807, 2.05) is 37.5 Å². The van der Waals surface area contributed by atoms with Gasteiger partial charge in [-0.05, 0) is 42.9 Å². The molecule has 1 aromatic carbocycles. The molecule has 0 saturated carbocycles. The number of thiol groups is 1. The maximum Gasteiger partial charge on any atom is 0.0824 e. The molecule has 4 rings (SSSR count). The van der Waals surface area contributed by atoms with Gasteiger partial charge in [0, 0.05) is 59.0 Å². The third-order valence-electron chi connectivity index (χ3n) is 3.83. The summed E-state index contributed by atoms with van der Waals surface area (Å²) in [5.74, 6) is 0. The molecule has 27 heavy (non-hydrogen) atoms. The molecule has 0 aliphatic heterocycles. The fourth-order valence-corrected chi connectivity index (χ4v) is 2.91. The van der Waals surface area contributed by atoms with Crippen molar-refractivity contribution >= 4 is 46.5 Å². The average molecular weight is 398 g/mol. The number of pyridine rings is 2. The van der Waals surface area contributed by atoms with Crippen LogP contribution in [0.3, 0.4) is 0 Å². The summed E-state index contributed by atoms with van der Waals surface area (Å²) in [6, 6.07) is 11.8. The Morgan fingerprint density at radius 1 is 1.11 bits per heavy atom. The van der Waals surface area contributed by atoms with Gasteiger partial charge in [-0.2, -0.15) is 0 Å². The van der Waals surface area contributed by atoms with E-state index in [9.17, 15) is 0 Å². The molecule has 0 bridgehead atoms. The molecule has 3 heterocycles. The third kappa shape index (κ3) is 5.23. The van der Waals surface area contributed by atoms with Crippen LogP contribution in [-0.4, -0.2) is 22.0 Å². The van der Waals surface area contributed by atoms with Gasteiger partial charge in [0.05, 0.1) is 10.7 Å². The summed E-state index contributed by atoms with van der Waals surface area (Å²) in [6.45, 7) is 0.850.